The van der Waals surface area contributed by atoms with Crippen molar-refractivity contribution < 1.29 is 4.74 Å². The highest BCUT2D eigenvalue weighted by Crippen LogP contribution is 2.44. The number of benzene rings is 2. The minimum absolute atomic E-state index is 0. The van der Waals surface area contributed by atoms with Crippen LogP contribution in [-0.2, 0) is 6.54 Å². The first-order valence-corrected chi connectivity index (χ1v) is 9.71. The van der Waals surface area contributed by atoms with Gasteiger partial charge >= 0.3 is 0 Å². The van der Waals surface area contributed by atoms with E-state index in [9.17, 15) is 0 Å². The van der Waals surface area contributed by atoms with E-state index in [1.54, 1.807) is 7.11 Å². The molecule has 1 N–H and O–H groups in total. The van der Waals surface area contributed by atoms with Gasteiger partial charge in [0, 0.05) is 37.6 Å². The summed E-state index contributed by atoms with van der Waals surface area (Å²) < 4.78 is 5.32. The first-order valence-electron chi connectivity index (χ1n) is 9.71. The third-order valence-corrected chi connectivity index (χ3v) is 6.35. The van der Waals surface area contributed by atoms with Gasteiger partial charge in [0.2, 0.25) is 0 Å². The SMILES string of the molecule is COc1ccc([C@@H]2[C@@H]3CN(Cc4[nH]nc5ccccc45)C[C@@H]3CN2C)cc1.Cl. The summed E-state index contributed by atoms with van der Waals surface area (Å²) >= 11 is 0. The Kier molecular flexibility index (Phi) is 5.32. The number of aromatic amines is 1. The zero-order valence-electron chi connectivity index (χ0n) is 16.3. The quantitative estimate of drug-likeness (QED) is 0.727. The second kappa shape index (κ2) is 7.74. The highest BCUT2D eigenvalue weighted by atomic mass is 35.5. The molecule has 5 rings (SSSR count). The van der Waals surface area contributed by atoms with Crippen LogP contribution in [0.2, 0.25) is 0 Å². The molecule has 5 nitrogen and oxygen atoms in total. The number of likely N-dealkylation sites (tertiary alicyclic amines) is 2. The molecule has 1 aromatic heterocycles. The average Bonchev–Trinajstić information content (AvgIpc) is 3.35. The molecule has 0 aliphatic carbocycles. The Morgan fingerprint density at radius 1 is 1.07 bits per heavy atom. The lowest BCUT2D eigenvalue weighted by atomic mass is 9.89. The molecule has 2 aliphatic heterocycles. The Morgan fingerprint density at radius 3 is 2.64 bits per heavy atom. The van der Waals surface area contributed by atoms with Crippen molar-refractivity contribution in [3.8, 4) is 5.75 Å². The van der Waals surface area contributed by atoms with Crippen molar-refractivity contribution in [2.45, 2.75) is 12.6 Å². The molecule has 6 heteroatoms. The van der Waals surface area contributed by atoms with Gasteiger partial charge in [0.15, 0.2) is 0 Å². The topological polar surface area (TPSA) is 44.4 Å². The maximum absolute atomic E-state index is 5.32. The molecule has 0 spiro atoms. The summed E-state index contributed by atoms with van der Waals surface area (Å²) in [5, 5.41) is 8.96. The number of aromatic nitrogens is 2. The average molecular weight is 399 g/mol. The number of hydrogen-bond acceptors (Lipinski definition) is 4. The number of H-pyrrole nitrogens is 1. The molecule has 0 amide bonds. The zero-order chi connectivity index (χ0) is 18.4. The van der Waals surface area contributed by atoms with Gasteiger partial charge in [-0.2, -0.15) is 5.10 Å². The number of nitrogens with zero attached hydrogens (tertiary/aromatic N) is 3. The smallest absolute Gasteiger partial charge is 0.118 e. The maximum atomic E-state index is 5.32. The van der Waals surface area contributed by atoms with E-state index in [2.05, 4.69) is 69.5 Å². The Morgan fingerprint density at radius 2 is 1.86 bits per heavy atom. The largest absolute Gasteiger partial charge is 0.497 e. The summed E-state index contributed by atoms with van der Waals surface area (Å²) in [7, 11) is 3.99. The molecule has 2 fully saturated rings. The summed E-state index contributed by atoms with van der Waals surface area (Å²) in [6.07, 6.45) is 0. The van der Waals surface area contributed by atoms with Gasteiger partial charge in [-0.25, -0.2) is 0 Å². The maximum Gasteiger partial charge on any atom is 0.118 e. The van der Waals surface area contributed by atoms with Crippen LogP contribution in [0.1, 0.15) is 17.3 Å². The monoisotopic (exact) mass is 398 g/mol. The summed E-state index contributed by atoms with van der Waals surface area (Å²) in [4.78, 5) is 5.12. The van der Waals surface area contributed by atoms with Crippen molar-refractivity contribution in [3.63, 3.8) is 0 Å². The van der Waals surface area contributed by atoms with Gasteiger partial charge < -0.3 is 4.74 Å². The van der Waals surface area contributed by atoms with Crippen molar-refractivity contribution in [1.29, 1.82) is 0 Å². The predicted octanol–water partition coefficient (Wildman–Crippen LogP) is 3.73. The van der Waals surface area contributed by atoms with Gasteiger partial charge in [0.25, 0.3) is 0 Å². The van der Waals surface area contributed by atoms with Crippen LogP contribution >= 0.6 is 12.4 Å². The number of fused-ring (bicyclic) bond motifs is 2. The Bertz CT molecular complexity index is 941. The molecule has 2 aromatic carbocycles. The minimum atomic E-state index is 0. The lowest BCUT2D eigenvalue weighted by Crippen LogP contribution is -2.29. The van der Waals surface area contributed by atoms with Crippen molar-refractivity contribution in [3.05, 3.63) is 59.8 Å². The normalized spacial score (nSPS) is 25.0. The molecule has 3 heterocycles. The highest BCUT2D eigenvalue weighted by Gasteiger charge is 2.46. The first kappa shape index (κ1) is 19.2. The number of ether oxygens (including phenoxy) is 1. The highest BCUT2D eigenvalue weighted by molar-refractivity contribution is 5.85. The fraction of sp³-hybridized carbons (Fsp3) is 0.409. The van der Waals surface area contributed by atoms with Crippen LogP contribution in [0.5, 0.6) is 5.75 Å². The Balaban J connectivity index is 0.00000192. The van der Waals surface area contributed by atoms with Crippen LogP contribution in [-0.4, -0.2) is 53.8 Å². The van der Waals surface area contributed by atoms with Gasteiger partial charge in [0.1, 0.15) is 5.75 Å². The van der Waals surface area contributed by atoms with Crippen LogP contribution < -0.4 is 4.74 Å². The summed E-state index contributed by atoms with van der Waals surface area (Å²) in [6, 6.07) is 17.5. The van der Waals surface area contributed by atoms with Crippen LogP contribution in [0.25, 0.3) is 10.9 Å². The van der Waals surface area contributed by atoms with Crippen LogP contribution in [0, 0.1) is 11.8 Å². The number of nitrogens with one attached hydrogen (secondary N) is 1. The van der Waals surface area contributed by atoms with E-state index in [-0.39, 0.29) is 12.4 Å². The summed E-state index contributed by atoms with van der Waals surface area (Å²) in [5.74, 6) is 2.34. The van der Waals surface area contributed by atoms with E-state index in [0.29, 0.717) is 12.0 Å². The fourth-order valence-electron chi connectivity index (χ4n) is 5.14. The lowest BCUT2D eigenvalue weighted by Gasteiger charge is -2.27. The van der Waals surface area contributed by atoms with E-state index in [1.807, 2.05) is 6.07 Å². The molecule has 148 valence electrons. The second-order valence-corrected chi connectivity index (χ2v) is 7.99. The van der Waals surface area contributed by atoms with Crippen LogP contribution in [0.4, 0.5) is 0 Å². The minimum Gasteiger partial charge on any atom is -0.497 e. The van der Waals surface area contributed by atoms with E-state index in [1.165, 1.54) is 23.2 Å². The summed E-state index contributed by atoms with van der Waals surface area (Å²) in [6.45, 7) is 4.42. The molecular formula is C22H27ClN4O. The molecule has 0 bridgehead atoms. The van der Waals surface area contributed by atoms with Gasteiger partial charge in [-0.15, -0.1) is 12.4 Å². The van der Waals surface area contributed by atoms with E-state index < -0.39 is 0 Å². The van der Waals surface area contributed by atoms with Gasteiger partial charge in [-0.05, 0) is 42.6 Å². The Labute approximate surface area is 172 Å². The van der Waals surface area contributed by atoms with Gasteiger partial charge in [0.05, 0.1) is 18.3 Å². The molecule has 0 saturated carbocycles. The molecule has 2 saturated heterocycles. The number of para-hydroxylation sites is 1. The first-order chi connectivity index (χ1) is 13.2. The Hall–Kier alpha value is -2.08. The van der Waals surface area contributed by atoms with Crippen molar-refractivity contribution >= 4 is 23.3 Å². The summed E-state index contributed by atoms with van der Waals surface area (Å²) in [5.41, 5.74) is 3.70. The lowest BCUT2D eigenvalue weighted by molar-refractivity contribution is 0.223. The standard InChI is InChI=1S/C22H26N4O.ClH/c1-25-11-16-12-26(14-21-18-5-3-4-6-20(18)23-24-21)13-19(16)22(25)15-7-9-17(27-2)10-8-15;/h3-10,16,19,22H,11-14H2,1-2H3,(H,23,24);1H/t16-,19+,22+;/m0./s1. The fourth-order valence-corrected chi connectivity index (χ4v) is 5.14. The third-order valence-electron chi connectivity index (χ3n) is 6.35. The molecule has 3 aromatic rings. The predicted molar refractivity (Wildman–Crippen MR) is 114 cm³/mol. The number of rotatable bonds is 4. The van der Waals surface area contributed by atoms with Crippen LogP contribution in [0.15, 0.2) is 48.5 Å². The second-order valence-electron chi connectivity index (χ2n) is 7.99. The van der Waals surface area contributed by atoms with Crippen LogP contribution in [0.3, 0.4) is 0 Å². The van der Waals surface area contributed by atoms with E-state index >= 15 is 0 Å². The zero-order valence-corrected chi connectivity index (χ0v) is 17.2. The number of halogens is 1. The van der Waals surface area contributed by atoms with E-state index in [0.717, 1.165) is 36.8 Å². The van der Waals surface area contributed by atoms with Crippen molar-refractivity contribution in [2.75, 3.05) is 33.8 Å². The molecule has 0 radical (unpaired) electrons. The molecule has 0 unspecified atom stereocenters. The molecule has 28 heavy (non-hydrogen) atoms. The van der Waals surface area contributed by atoms with Gasteiger partial charge in [-0.3, -0.25) is 14.9 Å². The molecule has 2 aliphatic rings. The number of methoxy groups -OCH3 is 1. The molecular weight excluding hydrogens is 372 g/mol. The van der Waals surface area contributed by atoms with Gasteiger partial charge in [-0.1, -0.05) is 30.3 Å². The number of hydrogen-bond donors (Lipinski definition) is 1. The van der Waals surface area contributed by atoms with Crippen molar-refractivity contribution in [2.24, 2.45) is 11.8 Å². The van der Waals surface area contributed by atoms with E-state index in [4.69, 9.17) is 4.74 Å². The van der Waals surface area contributed by atoms with Crippen molar-refractivity contribution in [1.82, 2.24) is 20.0 Å². The third kappa shape index (κ3) is 3.28. The molecule has 3 atom stereocenters.